The molecule has 2 amide bonds. The average Bonchev–Trinajstić information content (AvgIpc) is 2.90. The Kier molecular flexibility index (Phi) is 8.29. The second-order valence-electron chi connectivity index (χ2n) is 8.74. The van der Waals surface area contributed by atoms with Crippen LogP contribution in [0.2, 0.25) is 5.02 Å². The molecular weight excluding hydrogens is 522 g/mol. The highest BCUT2D eigenvalue weighted by Gasteiger charge is 2.38. The van der Waals surface area contributed by atoms with Crippen LogP contribution in [0.5, 0.6) is 0 Å². The Labute approximate surface area is 220 Å². The third kappa shape index (κ3) is 6.02. The van der Waals surface area contributed by atoms with E-state index in [1.165, 1.54) is 24.3 Å². The standard InChI is InChI=1S/C26H27ClF2N4O3S/c1-2-31(17-19-11-13-30-14-12-19)26(34)32-15-3-4-22(18-32)33(25-16-21(28)7-10-24(25)29)37(35,36)23-8-5-20(27)6-9-23/h5-14,16,22H,2-4,15,17-18H2,1H3. The number of piperidine rings is 1. The Morgan fingerprint density at radius 1 is 1.11 bits per heavy atom. The van der Waals surface area contributed by atoms with E-state index in [-0.39, 0.29) is 17.5 Å². The largest absolute Gasteiger partial charge is 0.323 e. The minimum absolute atomic E-state index is 0.0223. The van der Waals surface area contributed by atoms with Crippen LogP contribution in [0, 0.1) is 11.6 Å². The fraction of sp³-hybridized carbons (Fsp3) is 0.308. The lowest BCUT2D eigenvalue weighted by Crippen LogP contribution is -2.54. The predicted octanol–water partition coefficient (Wildman–Crippen LogP) is 5.32. The monoisotopic (exact) mass is 548 g/mol. The number of aromatic nitrogens is 1. The Balaban J connectivity index is 1.67. The summed E-state index contributed by atoms with van der Waals surface area (Å²) >= 11 is 5.94. The molecule has 4 rings (SSSR count). The molecule has 1 aromatic heterocycles. The van der Waals surface area contributed by atoms with Gasteiger partial charge in [-0.15, -0.1) is 0 Å². The fourth-order valence-corrected chi connectivity index (χ4v) is 6.24. The maximum absolute atomic E-state index is 15.0. The first-order valence-electron chi connectivity index (χ1n) is 11.9. The Hall–Kier alpha value is -3.24. The van der Waals surface area contributed by atoms with Crippen LogP contribution in [0.15, 0.2) is 71.9 Å². The van der Waals surface area contributed by atoms with Gasteiger partial charge >= 0.3 is 6.03 Å². The summed E-state index contributed by atoms with van der Waals surface area (Å²) in [5.41, 5.74) is 0.505. The molecule has 1 aliphatic heterocycles. The van der Waals surface area contributed by atoms with Crippen molar-refractivity contribution in [3.8, 4) is 0 Å². The van der Waals surface area contributed by atoms with E-state index in [1.807, 2.05) is 19.1 Å². The molecule has 1 fully saturated rings. The van der Waals surface area contributed by atoms with Crippen LogP contribution in [0.25, 0.3) is 0 Å². The highest BCUT2D eigenvalue weighted by molar-refractivity contribution is 7.92. The third-order valence-electron chi connectivity index (χ3n) is 6.29. The summed E-state index contributed by atoms with van der Waals surface area (Å²) in [6.07, 6.45) is 4.16. The van der Waals surface area contributed by atoms with Crippen molar-refractivity contribution in [2.24, 2.45) is 0 Å². The first-order valence-corrected chi connectivity index (χ1v) is 13.7. The summed E-state index contributed by atoms with van der Waals surface area (Å²) < 4.78 is 57.7. The van der Waals surface area contributed by atoms with E-state index >= 15 is 0 Å². The van der Waals surface area contributed by atoms with Crippen molar-refractivity contribution in [1.29, 1.82) is 0 Å². The molecule has 7 nitrogen and oxygen atoms in total. The molecule has 196 valence electrons. The zero-order valence-electron chi connectivity index (χ0n) is 20.2. The SMILES string of the molecule is CCN(Cc1ccncc1)C(=O)N1CCCC(N(c2cc(F)ccc2F)S(=O)(=O)c2ccc(Cl)cc2)C1. The van der Waals surface area contributed by atoms with Crippen molar-refractivity contribution < 1.29 is 22.0 Å². The number of likely N-dealkylation sites (tertiary alicyclic amines) is 1. The molecule has 0 bridgehead atoms. The number of pyridine rings is 1. The van der Waals surface area contributed by atoms with Gasteiger partial charge in [-0.05, 0) is 73.9 Å². The summed E-state index contributed by atoms with van der Waals surface area (Å²) in [7, 11) is -4.32. The van der Waals surface area contributed by atoms with E-state index < -0.39 is 33.4 Å². The van der Waals surface area contributed by atoms with Crippen molar-refractivity contribution in [3.63, 3.8) is 0 Å². The Morgan fingerprint density at radius 2 is 1.81 bits per heavy atom. The second kappa shape index (κ2) is 11.4. The molecular formula is C26H27ClF2N4O3S. The summed E-state index contributed by atoms with van der Waals surface area (Å²) in [4.78, 5) is 20.5. The van der Waals surface area contributed by atoms with Crippen LogP contribution >= 0.6 is 11.6 Å². The lowest BCUT2D eigenvalue weighted by atomic mass is 10.1. The molecule has 0 N–H and O–H groups in total. The van der Waals surface area contributed by atoms with Gasteiger partial charge in [0.25, 0.3) is 10.0 Å². The van der Waals surface area contributed by atoms with Crippen LogP contribution in [0.4, 0.5) is 19.3 Å². The van der Waals surface area contributed by atoms with E-state index in [9.17, 15) is 22.0 Å². The molecule has 2 aromatic carbocycles. The first-order chi connectivity index (χ1) is 17.7. The van der Waals surface area contributed by atoms with Crippen LogP contribution < -0.4 is 4.31 Å². The van der Waals surface area contributed by atoms with Gasteiger partial charge in [-0.2, -0.15) is 0 Å². The van der Waals surface area contributed by atoms with Gasteiger partial charge in [-0.25, -0.2) is 22.0 Å². The zero-order chi connectivity index (χ0) is 26.6. The molecule has 3 aromatic rings. The maximum Gasteiger partial charge on any atom is 0.320 e. The number of amides is 2. The van der Waals surface area contributed by atoms with E-state index in [4.69, 9.17) is 11.6 Å². The van der Waals surface area contributed by atoms with Crippen LogP contribution in [0.3, 0.4) is 0 Å². The van der Waals surface area contributed by atoms with E-state index in [2.05, 4.69) is 4.98 Å². The number of hydrogen-bond acceptors (Lipinski definition) is 4. The number of carbonyl (C=O) groups excluding carboxylic acids is 1. The van der Waals surface area contributed by atoms with Gasteiger partial charge < -0.3 is 9.80 Å². The molecule has 0 aliphatic carbocycles. The smallest absolute Gasteiger partial charge is 0.320 e. The minimum atomic E-state index is -4.32. The predicted molar refractivity (Wildman–Crippen MR) is 138 cm³/mol. The minimum Gasteiger partial charge on any atom is -0.323 e. The van der Waals surface area contributed by atoms with Crippen LogP contribution in [-0.4, -0.2) is 54.9 Å². The number of rotatable bonds is 7. The third-order valence-corrected chi connectivity index (χ3v) is 8.42. The Morgan fingerprint density at radius 3 is 2.49 bits per heavy atom. The molecule has 1 unspecified atom stereocenters. The fourth-order valence-electron chi connectivity index (χ4n) is 4.44. The van der Waals surface area contributed by atoms with E-state index in [0.717, 1.165) is 28.1 Å². The molecule has 0 saturated carbocycles. The van der Waals surface area contributed by atoms with Gasteiger partial charge in [-0.1, -0.05) is 11.6 Å². The first kappa shape index (κ1) is 26.8. The van der Waals surface area contributed by atoms with Crippen molar-refractivity contribution in [3.05, 3.63) is 89.2 Å². The number of benzene rings is 2. The number of carbonyl (C=O) groups is 1. The lowest BCUT2D eigenvalue weighted by Gasteiger charge is -2.41. The number of hydrogen-bond donors (Lipinski definition) is 0. The van der Waals surface area contributed by atoms with Gasteiger partial charge in [-0.3, -0.25) is 9.29 Å². The molecule has 0 radical (unpaired) electrons. The van der Waals surface area contributed by atoms with Crippen molar-refractivity contribution in [1.82, 2.24) is 14.8 Å². The molecule has 0 spiro atoms. The van der Waals surface area contributed by atoms with Crippen LogP contribution in [-0.2, 0) is 16.6 Å². The maximum atomic E-state index is 15.0. The van der Waals surface area contributed by atoms with Gasteiger partial charge in [0.15, 0.2) is 0 Å². The molecule has 1 saturated heterocycles. The van der Waals surface area contributed by atoms with E-state index in [1.54, 1.807) is 22.2 Å². The van der Waals surface area contributed by atoms with Crippen molar-refractivity contribution in [2.75, 3.05) is 23.9 Å². The number of sulfonamides is 1. The van der Waals surface area contributed by atoms with Crippen molar-refractivity contribution >= 4 is 33.3 Å². The summed E-state index contributed by atoms with van der Waals surface area (Å²) in [5, 5.41) is 0.339. The number of urea groups is 1. The molecule has 1 atom stereocenters. The molecule has 37 heavy (non-hydrogen) atoms. The summed E-state index contributed by atoms with van der Waals surface area (Å²) in [6, 6.07) is 10.8. The normalized spacial score (nSPS) is 15.9. The van der Waals surface area contributed by atoms with Gasteiger partial charge in [0, 0.05) is 49.7 Å². The lowest BCUT2D eigenvalue weighted by molar-refractivity contribution is 0.139. The highest BCUT2D eigenvalue weighted by atomic mass is 35.5. The van der Waals surface area contributed by atoms with Gasteiger partial charge in [0.2, 0.25) is 0 Å². The summed E-state index contributed by atoms with van der Waals surface area (Å²) in [5.74, 6) is -1.65. The molecule has 11 heteroatoms. The number of nitrogens with zero attached hydrogens (tertiary/aromatic N) is 4. The van der Waals surface area contributed by atoms with Gasteiger partial charge in [0.05, 0.1) is 16.6 Å². The number of halogens is 3. The topological polar surface area (TPSA) is 73.8 Å². The van der Waals surface area contributed by atoms with Gasteiger partial charge in [0.1, 0.15) is 11.6 Å². The quantitative estimate of drug-likeness (QED) is 0.401. The van der Waals surface area contributed by atoms with Crippen molar-refractivity contribution in [2.45, 2.75) is 37.2 Å². The Bertz CT molecular complexity index is 1340. The van der Waals surface area contributed by atoms with E-state index in [0.29, 0.717) is 37.5 Å². The molecule has 2 heterocycles. The van der Waals surface area contributed by atoms with Crippen LogP contribution in [0.1, 0.15) is 25.3 Å². The highest BCUT2D eigenvalue weighted by Crippen LogP contribution is 2.33. The average molecular weight is 549 g/mol. The second-order valence-corrected chi connectivity index (χ2v) is 11.0. The zero-order valence-corrected chi connectivity index (χ0v) is 21.8. The summed E-state index contributed by atoms with van der Waals surface area (Å²) in [6.45, 7) is 3.11. The number of anilines is 1. The molecule has 1 aliphatic rings.